The van der Waals surface area contributed by atoms with Crippen LogP contribution in [0.2, 0.25) is 0 Å². The van der Waals surface area contributed by atoms with Crippen LogP contribution in [-0.2, 0) is 4.79 Å². The maximum atomic E-state index is 12.1. The molecule has 1 saturated heterocycles. The molecule has 3 N–H and O–H groups in total. The molecule has 2 heterocycles. The molecule has 0 atom stereocenters. The number of guanidine groups is 1. The fraction of sp³-hybridized carbons (Fsp3) is 0.650. The van der Waals surface area contributed by atoms with Crippen LogP contribution in [0.15, 0.2) is 23.3 Å². The van der Waals surface area contributed by atoms with Crippen molar-refractivity contribution in [1.82, 2.24) is 20.5 Å². The second kappa shape index (κ2) is 11.5. The van der Waals surface area contributed by atoms with E-state index in [2.05, 4.69) is 44.7 Å². The summed E-state index contributed by atoms with van der Waals surface area (Å²) in [6, 6.07) is 4.19. The topological polar surface area (TPSA) is 81.7 Å². The number of aliphatic imine (C=N–C) groups is 1. The Bertz CT molecular complexity index is 593. The molecule has 1 fully saturated rings. The Balaban J connectivity index is 1.75. The first-order chi connectivity index (χ1) is 13.1. The first-order valence-corrected chi connectivity index (χ1v) is 10.1. The van der Waals surface area contributed by atoms with Crippen molar-refractivity contribution < 1.29 is 4.79 Å². The van der Waals surface area contributed by atoms with Crippen molar-refractivity contribution in [3.8, 4) is 0 Å². The highest BCUT2D eigenvalue weighted by Gasteiger charge is 2.19. The standard InChI is InChI=1S/C20H34N6O/c1-4-12-26-13-9-17(10-14-26)24-20(21-5-2)22-11-8-19(27)25-18-7-6-16(3)15-23-18/h6-7,15,17H,4-5,8-14H2,1-3H3,(H2,21,22,24)(H,23,25,27). The van der Waals surface area contributed by atoms with Gasteiger partial charge in [0.1, 0.15) is 5.82 Å². The van der Waals surface area contributed by atoms with Gasteiger partial charge in [-0.25, -0.2) is 4.98 Å². The van der Waals surface area contributed by atoms with E-state index in [1.165, 1.54) is 13.0 Å². The van der Waals surface area contributed by atoms with Gasteiger partial charge < -0.3 is 20.9 Å². The number of amides is 1. The predicted octanol–water partition coefficient (Wildman–Crippen LogP) is 2.15. The number of likely N-dealkylation sites (tertiary alicyclic amines) is 1. The molecule has 0 bridgehead atoms. The third-order valence-electron chi connectivity index (χ3n) is 4.60. The second-order valence-electron chi connectivity index (χ2n) is 7.04. The monoisotopic (exact) mass is 374 g/mol. The summed E-state index contributed by atoms with van der Waals surface area (Å²) in [7, 11) is 0. The molecule has 27 heavy (non-hydrogen) atoms. The van der Waals surface area contributed by atoms with Crippen LogP contribution in [0, 0.1) is 6.92 Å². The summed E-state index contributed by atoms with van der Waals surface area (Å²) in [5.74, 6) is 1.31. The van der Waals surface area contributed by atoms with Gasteiger partial charge in [-0.3, -0.25) is 9.79 Å². The van der Waals surface area contributed by atoms with Gasteiger partial charge in [-0.15, -0.1) is 0 Å². The van der Waals surface area contributed by atoms with Crippen molar-refractivity contribution in [2.45, 2.75) is 52.5 Å². The molecule has 0 saturated carbocycles. The van der Waals surface area contributed by atoms with Crippen LogP contribution in [0.5, 0.6) is 0 Å². The number of hydrogen-bond acceptors (Lipinski definition) is 4. The summed E-state index contributed by atoms with van der Waals surface area (Å²) in [6.45, 7) is 11.0. The number of carbonyl (C=O) groups is 1. The lowest BCUT2D eigenvalue weighted by molar-refractivity contribution is -0.116. The van der Waals surface area contributed by atoms with Crippen molar-refractivity contribution in [2.24, 2.45) is 4.99 Å². The first-order valence-electron chi connectivity index (χ1n) is 10.1. The van der Waals surface area contributed by atoms with Gasteiger partial charge in [-0.05, 0) is 51.3 Å². The maximum Gasteiger partial charge on any atom is 0.227 e. The molecule has 2 rings (SSSR count). The number of anilines is 1. The number of pyridine rings is 1. The van der Waals surface area contributed by atoms with E-state index in [-0.39, 0.29) is 5.91 Å². The molecular weight excluding hydrogens is 340 g/mol. The summed E-state index contributed by atoms with van der Waals surface area (Å²) >= 11 is 0. The van der Waals surface area contributed by atoms with Gasteiger partial charge in [0.2, 0.25) is 5.91 Å². The Morgan fingerprint density at radius 3 is 2.70 bits per heavy atom. The quantitative estimate of drug-likeness (QED) is 0.480. The van der Waals surface area contributed by atoms with Gasteiger partial charge in [0, 0.05) is 38.3 Å². The molecule has 1 amide bonds. The smallest absolute Gasteiger partial charge is 0.227 e. The van der Waals surface area contributed by atoms with E-state index in [4.69, 9.17) is 0 Å². The molecule has 7 nitrogen and oxygen atoms in total. The lowest BCUT2D eigenvalue weighted by Gasteiger charge is -2.32. The van der Waals surface area contributed by atoms with Gasteiger partial charge in [-0.1, -0.05) is 13.0 Å². The fourth-order valence-corrected chi connectivity index (χ4v) is 3.15. The molecule has 0 aromatic carbocycles. The highest BCUT2D eigenvalue weighted by molar-refractivity contribution is 5.90. The van der Waals surface area contributed by atoms with Crippen molar-refractivity contribution in [3.05, 3.63) is 23.9 Å². The highest BCUT2D eigenvalue weighted by Crippen LogP contribution is 2.10. The van der Waals surface area contributed by atoms with Crippen LogP contribution in [0.4, 0.5) is 5.82 Å². The number of aromatic nitrogens is 1. The molecule has 0 spiro atoms. The van der Waals surface area contributed by atoms with Crippen molar-refractivity contribution in [2.75, 3.05) is 38.0 Å². The van der Waals surface area contributed by atoms with Gasteiger partial charge >= 0.3 is 0 Å². The SMILES string of the molecule is CCCN1CCC(NC(=NCCC(=O)Nc2ccc(C)cn2)NCC)CC1. The number of rotatable bonds is 8. The third-order valence-corrected chi connectivity index (χ3v) is 4.60. The van der Waals surface area contributed by atoms with E-state index in [1.807, 2.05) is 19.1 Å². The van der Waals surface area contributed by atoms with Gasteiger partial charge in [0.25, 0.3) is 0 Å². The Morgan fingerprint density at radius 1 is 1.30 bits per heavy atom. The number of aryl methyl sites for hydroxylation is 1. The molecule has 1 aromatic rings. The number of hydrogen-bond donors (Lipinski definition) is 3. The number of carbonyl (C=O) groups excluding carboxylic acids is 1. The summed E-state index contributed by atoms with van der Waals surface area (Å²) in [5, 5.41) is 9.60. The largest absolute Gasteiger partial charge is 0.357 e. The zero-order valence-electron chi connectivity index (χ0n) is 16.9. The van der Waals surface area contributed by atoms with Gasteiger partial charge in [0.15, 0.2) is 5.96 Å². The molecule has 1 aliphatic rings. The zero-order valence-corrected chi connectivity index (χ0v) is 16.9. The molecule has 1 aliphatic heterocycles. The zero-order chi connectivity index (χ0) is 19.5. The van der Waals surface area contributed by atoms with Crippen LogP contribution >= 0.6 is 0 Å². The lowest BCUT2D eigenvalue weighted by Crippen LogP contribution is -2.48. The summed E-state index contributed by atoms with van der Waals surface area (Å²) < 4.78 is 0. The average molecular weight is 375 g/mol. The van der Waals surface area contributed by atoms with Crippen LogP contribution < -0.4 is 16.0 Å². The van der Waals surface area contributed by atoms with E-state index in [0.717, 1.165) is 44.0 Å². The fourth-order valence-electron chi connectivity index (χ4n) is 3.15. The Morgan fingerprint density at radius 2 is 2.07 bits per heavy atom. The maximum absolute atomic E-state index is 12.1. The van der Waals surface area contributed by atoms with E-state index in [0.29, 0.717) is 24.8 Å². The average Bonchev–Trinajstić information content (AvgIpc) is 2.65. The molecule has 150 valence electrons. The van der Waals surface area contributed by atoms with Crippen molar-refractivity contribution >= 4 is 17.7 Å². The van der Waals surface area contributed by atoms with Crippen LogP contribution in [0.1, 0.15) is 45.1 Å². The number of nitrogens with one attached hydrogen (secondary N) is 3. The number of nitrogens with zero attached hydrogens (tertiary/aromatic N) is 3. The lowest BCUT2D eigenvalue weighted by atomic mass is 10.1. The predicted molar refractivity (Wildman–Crippen MR) is 111 cm³/mol. The minimum atomic E-state index is -0.0705. The van der Waals surface area contributed by atoms with Crippen molar-refractivity contribution in [1.29, 1.82) is 0 Å². The molecule has 1 aromatic heterocycles. The normalized spacial score (nSPS) is 16.2. The second-order valence-corrected chi connectivity index (χ2v) is 7.04. The van der Waals surface area contributed by atoms with E-state index < -0.39 is 0 Å². The third kappa shape index (κ3) is 7.95. The van der Waals surface area contributed by atoms with Crippen LogP contribution in [-0.4, -0.2) is 60.5 Å². The molecule has 0 unspecified atom stereocenters. The minimum Gasteiger partial charge on any atom is -0.357 e. The summed E-state index contributed by atoms with van der Waals surface area (Å²) in [6.07, 6.45) is 5.55. The van der Waals surface area contributed by atoms with Crippen LogP contribution in [0.3, 0.4) is 0 Å². The Labute approximate surface area is 163 Å². The van der Waals surface area contributed by atoms with Crippen molar-refractivity contribution in [3.63, 3.8) is 0 Å². The summed E-state index contributed by atoms with van der Waals surface area (Å²) in [5.41, 5.74) is 1.07. The van der Waals surface area contributed by atoms with E-state index in [9.17, 15) is 4.79 Å². The minimum absolute atomic E-state index is 0.0705. The van der Waals surface area contributed by atoms with Crippen LogP contribution in [0.25, 0.3) is 0 Å². The van der Waals surface area contributed by atoms with Gasteiger partial charge in [-0.2, -0.15) is 0 Å². The summed E-state index contributed by atoms with van der Waals surface area (Å²) in [4.78, 5) is 23.3. The van der Waals surface area contributed by atoms with E-state index in [1.54, 1.807) is 6.20 Å². The highest BCUT2D eigenvalue weighted by atomic mass is 16.1. The number of piperidine rings is 1. The van der Waals surface area contributed by atoms with E-state index >= 15 is 0 Å². The molecule has 0 radical (unpaired) electrons. The Kier molecular flexibility index (Phi) is 9.04. The van der Waals surface area contributed by atoms with Gasteiger partial charge in [0.05, 0.1) is 6.54 Å². The molecule has 0 aliphatic carbocycles. The Hall–Kier alpha value is -2.15. The molecule has 7 heteroatoms. The molecular formula is C20H34N6O. The first kappa shape index (κ1) is 21.2.